The van der Waals surface area contributed by atoms with E-state index in [1.807, 2.05) is 18.7 Å². The van der Waals surface area contributed by atoms with E-state index in [1.165, 1.54) is 0 Å². The molecule has 0 amide bonds. The topological polar surface area (TPSA) is 56.7 Å². The maximum absolute atomic E-state index is 5.67. The van der Waals surface area contributed by atoms with Gasteiger partial charge in [0.25, 0.3) is 0 Å². The summed E-state index contributed by atoms with van der Waals surface area (Å²) in [7, 11) is 1.93. The standard InChI is InChI=1S/C9H18N4/c1-4-8-11-9(13(3)12-8)6-5-7(2)10/h7H,4-6,10H2,1-3H3. The Kier molecular flexibility index (Phi) is 3.42. The zero-order valence-electron chi connectivity index (χ0n) is 8.62. The molecule has 1 aromatic heterocycles. The molecule has 2 N–H and O–H groups in total. The fourth-order valence-electron chi connectivity index (χ4n) is 1.20. The second-order valence-corrected chi connectivity index (χ2v) is 3.44. The van der Waals surface area contributed by atoms with Gasteiger partial charge in [0, 0.05) is 25.9 Å². The van der Waals surface area contributed by atoms with E-state index in [0.29, 0.717) is 0 Å². The summed E-state index contributed by atoms with van der Waals surface area (Å²) in [5.74, 6) is 1.95. The van der Waals surface area contributed by atoms with Crippen LogP contribution in [0.4, 0.5) is 0 Å². The van der Waals surface area contributed by atoms with Crippen molar-refractivity contribution in [3.8, 4) is 0 Å². The minimum atomic E-state index is 0.238. The quantitative estimate of drug-likeness (QED) is 0.744. The largest absolute Gasteiger partial charge is 0.328 e. The third-order valence-corrected chi connectivity index (χ3v) is 2.04. The van der Waals surface area contributed by atoms with Crippen LogP contribution in [0.3, 0.4) is 0 Å². The van der Waals surface area contributed by atoms with E-state index in [0.717, 1.165) is 30.9 Å². The second kappa shape index (κ2) is 4.37. The maximum atomic E-state index is 5.67. The fourth-order valence-corrected chi connectivity index (χ4v) is 1.20. The monoisotopic (exact) mass is 182 g/mol. The Bertz CT molecular complexity index is 265. The minimum Gasteiger partial charge on any atom is -0.328 e. The van der Waals surface area contributed by atoms with Gasteiger partial charge < -0.3 is 5.73 Å². The SMILES string of the molecule is CCc1nc(CCC(C)N)n(C)n1. The van der Waals surface area contributed by atoms with Crippen LogP contribution in [0.5, 0.6) is 0 Å². The molecule has 4 heteroatoms. The highest BCUT2D eigenvalue weighted by molar-refractivity contribution is 4.92. The molecular weight excluding hydrogens is 164 g/mol. The average molecular weight is 182 g/mol. The predicted octanol–water partition coefficient (Wildman–Crippen LogP) is 0.657. The lowest BCUT2D eigenvalue weighted by molar-refractivity contribution is 0.614. The van der Waals surface area contributed by atoms with E-state index >= 15 is 0 Å². The highest BCUT2D eigenvalue weighted by atomic mass is 15.3. The van der Waals surface area contributed by atoms with Crippen LogP contribution >= 0.6 is 0 Å². The van der Waals surface area contributed by atoms with E-state index in [2.05, 4.69) is 17.0 Å². The van der Waals surface area contributed by atoms with Gasteiger partial charge in [-0.25, -0.2) is 4.98 Å². The highest BCUT2D eigenvalue weighted by Gasteiger charge is 2.05. The van der Waals surface area contributed by atoms with Crippen LogP contribution in [0.2, 0.25) is 0 Å². The van der Waals surface area contributed by atoms with Crippen LogP contribution in [0.25, 0.3) is 0 Å². The second-order valence-electron chi connectivity index (χ2n) is 3.44. The van der Waals surface area contributed by atoms with Crippen molar-refractivity contribution >= 4 is 0 Å². The normalized spacial score (nSPS) is 13.2. The number of nitrogens with two attached hydrogens (primary N) is 1. The molecular formula is C9H18N4. The van der Waals surface area contributed by atoms with E-state index < -0.39 is 0 Å². The molecule has 4 nitrogen and oxygen atoms in total. The Hall–Kier alpha value is -0.900. The molecule has 0 aliphatic rings. The van der Waals surface area contributed by atoms with E-state index in [9.17, 15) is 0 Å². The van der Waals surface area contributed by atoms with Crippen molar-refractivity contribution in [3.63, 3.8) is 0 Å². The van der Waals surface area contributed by atoms with Crippen LogP contribution in [0.15, 0.2) is 0 Å². The Morgan fingerprint density at radius 2 is 2.23 bits per heavy atom. The summed E-state index contributed by atoms with van der Waals surface area (Å²) in [5, 5.41) is 4.27. The van der Waals surface area contributed by atoms with Gasteiger partial charge >= 0.3 is 0 Å². The predicted molar refractivity (Wildman–Crippen MR) is 52.4 cm³/mol. The first-order chi connectivity index (χ1) is 6.13. The number of aromatic nitrogens is 3. The van der Waals surface area contributed by atoms with E-state index in [1.54, 1.807) is 0 Å². The fraction of sp³-hybridized carbons (Fsp3) is 0.778. The van der Waals surface area contributed by atoms with Crippen LogP contribution in [-0.2, 0) is 19.9 Å². The van der Waals surface area contributed by atoms with Crippen LogP contribution in [-0.4, -0.2) is 20.8 Å². The molecule has 1 heterocycles. The van der Waals surface area contributed by atoms with Gasteiger partial charge in [-0.1, -0.05) is 6.92 Å². The van der Waals surface area contributed by atoms with Gasteiger partial charge in [-0.3, -0.25) is 4.68 Å². The zero-order valence-corrected chi connectivity index (χ0v) is 8.62. The van der Waals surface area contributed by atoms with Gasteiger partial charge in [0.05, 0.1) is 0 Å². The first-order valence-electron chi connectivity index (χ1n) is 4.77. The smallest absolute Gasteiger partial charge is 0.150 e. The number of rotatable bonds is 4. The van der Waals surface area contributed by atoms with Crippen molar-refractivity contribution in [2.24, 2.45) is 12.8 Å². The van der Waals surface area contributed by atoms with Crippen LogP contribution in [0.1, 0.15) is 31.9 Å². The molecule has 0 saturated heterocycles. The third-order valence-electron chi connectivity index (χ3n) is 2.04. The van der Waals surface area contributed by atoms with Gasteiger partial charge in [-0.05, 0) is 13.3 Å². The van der Waals surface area contributed by atoms with Crippen LogP contribution in [0, 0.1) is 0 Å². The molecule has 1 aromatic rings. The van der Waals surface area contributed by atoms with Crippen molar-refractivity contribution < 1.29 is 0 Å². The first-order valence-corrected chi connectivity index (χ1v) is 4.77. The summed E-state index contributed by atoms with van der Waals surface area (Å²) in [6.07, 6.45) is 2.78. The van der Waals surface area contributed by atoms with Crippen molar-refractivity contribution in [1.29, 1.82) is 0 Å². The Balaban J connectivity index is 2.60. The lowest BCUT2D eigenvalue weighted by Crippen LogP contribution is -2.16. The minimum absolute atomic E-state index is 0.238. The summed E-state index contributed by atoms with van der Waals surface area (Å²) in [6.45, 7) is 4.07. The first kappa shape index (κ1) is 10.2. The van der Waals surface area contributed by atoms with Gasteiger partial charge in [-0.15, -0.1) is 0 Å². The van der Waals surface area contributed by atoms with Crippen molar-refractivity contribution in [2.75, 3.05) is 0 Å². The molecule has 0 aliphatic heterocycles. The number of nitrogens with zero attached hydrogens (tertiary/aromatic N) is 3. The van der Waals surface area contributed by atoms with Gasteiger partial charge in [0.1, 0.15) is 5.82 Å². The lowest BCUT2D eigenvalue weighted by Gasteiger charge is -2.02. The molecule has 0 fully saturated rings. The summed E-state index contributed by atoms with van der Waals surface area (Å²) >= 11 is 0. The van der Waals surface area contributed by atoms with Gasteiger partial charge in [0.15, 0.2) is 5.82 Å². The summed E-state index contributed by atoms with van der Waals surface area (Å²) in [5.41, 5.74) is 5.67. The van der Waals surface area contributed by atoms with Gasteiger partial charge in [-0.2, -0.15) is 5.10 Å². The molecule has 0 aliphatic carbocycles. The molecule has 0 saturated carbocycles. The molecule has 74 valence electrons. The highest BCUT2D eigenvalue weighted by Crippen LogP contribution is 2.02. The average Bonchev–Trinajstić information content (AvgIpc) is 2.43. The maximum Gasteiger partial charge on any atom is 0.150 e. The number of hydrogen-bond donors (Lipinski definition) is 1. The molecule has 13 heavy (non-hydrogen) atoms. The lowest BCUT2D eigenvalue weighted by atomic mass is 10.2. The molecule has 0 radical (unpaired) electrons. The molecule has 1 rings (SSSR count). The van der Waals surface area contributed by atoms with E-state index in [-0.39, 0.29) is 6.04 Å². The summed E-state index contributed by atoms with van der Waals surface area (Å²) < 4.78 is 1.85. The Labute approximate surface area is 79.2 Å². The summed E-state index contributed by atoms with van der Waals surface area (Å²) in [6, 6.07) is 0.238. The molecule has 0 bridgehead atoms. The van der Waals surface area contributed by atoms with Gasteiger partial charge in [0.2, 0.25) is 0 Å². The van der Waals surface area contributed by atoms with Crippen molar-refractivity contribution in [2.45, 2.75) is 39.2 Å². The van der Waals surface area contributed by atoms with Crippen molar-refractivity contribution in [3.05, 3.63) is 11.6 Å². The number of hydrogen-bond acceptors (Lipinski definition) is 3. The molecule has 0 spiro atoms. The number of aryl methyl sites for hydroxylation is 3. The third kappa shape index (κ3) is 2.81. The Morgan fingerprint density at radius 3 is 2.69 bits per heavy atom. The zero-order chi connectivity index (χ0) is 9.84. The molecule has 1 unspecified atom stereocenters. The molecule has 1 atom stereocenters. The summed E-state index contributed by atoms with van der Waals surface area (Å²) in [4.78, 5) is 4.40. The molecule has 0 aromatic carbocycles. The van der Waals surface area contributed by atoms with Crippen molar-refractivity contribution in [1.82, 2.24) is 14.8 Å². The van der Waals surface area contributed by atoms with E-state index in [4.69, 9.17) is 5.73 Å². The van der Waals surface area contributed by atoms with Crippen LogP contribution < -0.4 is 5.73 Å². The Morgan fingerprint density at radius 1 is 1.54 bits per heavy atom.